The first-order chi connectivity index (χ1) is 13.2. The van der Waals surface area contributed by atoms with Gasteiger partial charge in [-0.15, -0.1) is 0 Å². The highest BCUT2D eigenvalue weighted by molar-refractivity contribution is 5.82. The summed E-state index contributed by atoms with van der Waals surface area (Å²) in [5, 5.41) is 19.6. The van der Waals surface area contributed by atoms with Crippen molar-refractivity contribution in [2.75, 3.05) is 20.2 Å². The maximum Gasteiger partial charge on any atom is 0.119 e. The topological polar surface area (TPSA) is 61.4 Å². The lowest BCUT2D eigenvalue weighted by atomic mass is 9.72. The summed E-state index contributed by atoms with van der Waals surface area (Å²) in [4.78, 5) is 2.46. The van der Waals surface area contributed by atoms with Gasteiger partial charge in [-0.1, -0.05) is 24.3 Å². The second-order valence-corrected chi connectivity index (χ2v) is 7.89. The fourth-order valence-corrected chi connectivity index (χ4v) is 4.99. The predicted octanol–water partition coefficient (Wildman–Crippen LogP) is 3.02. The number of ether oxygens (including phenoxy) is 1. The van der Waals surface area contributed by atoms with Crippen LogP contribution in [-0.2, 0) is 18.4 Å². The van der Waals surface area contributed by atoms with Crippen molar-refractivity contribution >= 4 is 10.9 Å². The van der Waals surface area contributed by atoms with Gasteiger partial charge < -0.3 is 9.84 Å². The smallest absolute Gasteiger partial charge is 0.119 e. The maximum absolute atomic E-state index is 10.8. The summed E-state index contributed by atoms with van der Waals surface area (Å²) in [5.74, 6) is 0.855. The molecule has 0 saturated carbocycles. The van der Waals surface area contributed by atoms with Crippen molar-refractivity contribution in [3.8, 4) is 5.75 Å². The van der Waals surface area contributed by atoms with E-state index in [0.29, 0.717) is 0 Å². The number of nitrogens with one attached hydrogen (secondary N) is 1. The molecule has 1 aromatic heterocycles. The molecule has 140 valence electrons. The van der Waals surface area contributed by atoms with E-state index in [4.69, 9.17) is 4.74 Å². The minimum absolute atomic E-state index is 0.0631. The van der Waals surface area contributed by atoms with Crippen molar-refractivity contribution in [2.24, 2.45) is 0 Å². The van der Waals surface area contributed by atoms with E-state index in [1.165, 1.54) is 11.1 Å². The quantitative estimate of drug-likeness (QED) is 0.751. The van der Waals surface area contributed by atoms with Gasteiger partial charge in [0.25, 0.3) is 0 Å². The van der Waals surface area contributed by atoms with Crippen molar-refractivity contribution in [2.45, 2.75) is 37.3 Å². The van der Waals surface area contributed by atoms with Gasteiger partial charge >= 0.3 is 0 Å². The number of H-pyrrole nitrogens is 1. The molecule has 1 fully saturated rings. The normalized spacial score (nSPS) is 21.6. The molecule has 1 spiro atoms. The summed E-state index contributed by atoms with van der Waals surface area (Å²) in [6.07, 6.45) is 2.54. The lowest BCUT2D eigenvalue weighted by molar-refractivity contribution is 0.0411. The first kappa shape index (κ1) is 16.8. The number of piperidine rings is 1. The summed E-state index contributed by atoms with van der Waals surface area (Å²) >= 11 is 0. The van der Waals surface area contributed by atoms with Crippen LogP contribution in [0.3, 0.4) is 0 Å². The number of benzene rings is 2. The van der Waals surface area contributed by atoms with Crippen LogP contribution in [0.2, 0.25) is 0 Å². The Morgan fingerprint density at radius 2 is 2.04 bits per heavy atom. The molecule has 1 saturated heterocycles. The molecule has 3 aromatic rings. The third-order valence-corrected chi connectivity index (χ3v) is 6.58. The van der Waals surface area contributed by atoms with E-state index in [0.717, 1.165) is 61.2 Å². The summed E-state index contributed by atoms with van der Waals surface area (Å²) < 4.78 is 5.36. The van der Waals surface area contributed by atoms with Crippen molar-refractivity contribution in [3.63, 3.8) is 0 Å². The number of aromatic amines is 1. The first-order valence-electron chi connectivity index (χ1n) is 9.69. The summed E-state index contributed by atoms with van der Waals surface area (Å²) in [7, 11) is 1.69. The number of aromatic nitrogens is 2. The Hall–Kier alpha value is -2.37. The van der Waals surface area contributed by atoms with Gasteiger partial charge in [0.1, 0.15) is 5.75 Å². The molecule has 0 bridgehead atoms. The Labute approximate surface area is 159 Å². The Morgan fingerprint density at radius 1 is 1.22 bits per heavy atom. The molecule has 2 aromatic carbocycles. The molecule has 27 heavy (non-hydrogen) atoms. The molecule has 2 heterocycles. The minimum Gasteiger partial charge on any atom is -0.497 e. The molecule has 1 atom stereocenters. The van der Waals surface area contributed by atoms with Crippen molar-refractivity contribution in [3.05, 3.63) is 59.3 Å². The Morgan fingerprint density at radius 3 is 2.85 bits per heavy atom. The van der Waals surface area contributed by atoms with Crippen molar-refractivity contribution < 1.29 is 9.84 Å². The first-order valence-corrected chi connectivity index (χ1v) is 9.69. The molecule has 1 unspecified atom stereocenters. The van der Waals surface area contributed by atoms with E-state index in [2.05, 4.69) is 45.4 Å². The van der Waals surface area contributed by atoms with E-state index >= 15 is 0 Å². The van der Waals surface area contributed by atoms with Gasteiger partial charge in [0, 0.05) is 17.3 Å². The number of hydrogen-bond donors (Lipinski definition) is 2. The fourth-order valence-electron chi connectivity index (χ4n) is 4.99. The number of aliphatic hydroxyl groups excluding tert-OH is 1. The number of aliphatic hydroxyl groups is 1. The third kappa shape index (κ3) is 2.65. The summed E-state index contributed by atoms with van der Waals surface area (Å²) in [6, 6.07) is 14.6. The summed E-state index contributed by atoms with van der Waals surface area (Å²) in [6.45, 7) is 2.81. The fraction of sp³-hybridized carbons (Fsp3) is 0.409. The molecule has 2 N–H and O–H groups in total. The van der Waals surface area contributed by atoms with Crippen LogP contribution in [0, 0.1) is 0 Å². The number of rotatable bonds is 3. The molecule has 2 aliphatic rings. The van der Waals surface area contributed by atoms with Crippen LogP contribution in [0.5, 0.6) is 5.75 Å². The van der Waals surface area contributed by atoms with Gasteiger partial charge in [0.05, 0.1) is 24.4 Å². The molecule has 0 amide bonds. The standard InChI is InChI=1S/C22H25N3O2/c1-27-16-6-7-19-17(13-16)20(24-23-19)14-25-10-8-22(9-11-25)18-5-3-2-4-15(18)12-21(22)26/h2-7,13,21,26H,8-12,14H2,1H3,(H,23,24). The number of fused-ring (bicyclic) bond motifs is 3. The largest absolute Gasteiger partial charge is 0.497 e. The highest BCUT2D eigenvalue weighted by Crippen LogP contribution is 2.46. The van der Waals surface area contributed by atoms with Gasteiger partial charge in [0.2, 0.25) is 0 Å². The average Bonchev–Trinajstić information content (AvgIpc) is 3.22. The average molecular weight is 363 g/mol. The van der Waals surface area contributed by atoms with Crippen LogP contribution < -0.4 is 4.74 Å². The van der Waals surface area contributed by atoms with Gasteiger partial charge in [-0.25, -0.2) is 0 Å². The second kappa shape index (κ2) is 6.36. The molecule has 1 aliphatic heterocycles. The molecule has 5 heteroatoms. The number of likely N-dealkylation sites (tertiary alicyclic amines) is 1. The Balaban J connectivity index is 1.35. The molecule has 5 nitrogen and oxygen atoms in total. The number of nitrogens with zero attached hydrogens (tertiary/aromatic N) is 2. The van der Waals surface area contributed by atoms with Gasteiger partial charge in [0.15, 0.2) is 0 Å². The number of methoxy groups -OCH3 is 1. The molecule has 1 aliphatic carbocycles. The summed E-state index contributed by atoms with van der Waals surface area (Å²) in [5.41, 5.74) is 4.73. The van der Waals surface area contributed by atoms with E-state index in [9.17, 15) is 5.11 Å². The van der Waals surface area contributed by atoms with E-state index < -0.39 is 0 Å². The Bertz CT molecular complexity index is 973. The van der Waals surface area contributed by atoms with Crippen LogP contribution in [0.4, 0.5) is 0 Å². The third-order valence-electron chi connectivity index (χ3n) is 6.58. The van der Waals surface area contributed by atoms with Gasteiger partial charge in [-0.05, 0) is 61.7 Å². The van der Waals surface area contributed by atoms with Gasteiger partial charge in [-0.3, -0.25) is 10.00 Å². The van der Waals surface area contributed by atoms with Crippen LogP contribution in [-0.4, -0.2) is 46.5 Å². The zero-order valence-corrected chi connectivity index (χ0v) is 15.6. The highest BCUT2D eigenvalue weighted by atomic mass is 16.5. The zero-order valence-electron chi connectivity index (χ0n) is 15.6. The van der Waals surface area contributed by atoms with E-state index in [1.807, 2.05) is 12.1 Å². The Kier molecular flexibility index (Phi) is 3.95. The van der Waals surface area contributed by atoms with Crippen LogP contribution in [0.25, 0.3) is 10.9 Å². The highest BCUT2D eigenvalue weighted by Gasteiger charge is 2.47. The lowest BCUT2D eigenvalue weighted by Crippen LogP contribution is -2.47. The minimum atomic E-state index is -0.255. The molecular weight excluding hydrogens is 338 g/mol. The number of hydrogen-bond acceptors (Lipinski definition) is 4. The molecular formula is C22H25N3O2. The van der Waals surface area contributed by atoms with Crippen molar-refractivity contribution in [1.82, 2.24) is 15.1 Å². The van der Waals surface area contributed by atoms with Crippen LogP contribution in [0.15, 0.2) is 42.5 Å². The van der Waals surface area contributed by atoms with Crippen LogP contribution >= 0.6 is 0 Å². The molecule has 5 rings (SSSR count). The maximum atomic E-state index is 10.8. The van der Waals surface area contributed by atoms with Gasteiger partial charge in [-0.2, -0.15) is 5.10 Å². The molecule has 0 radical (unpaired) electrons. The van der Waals surface area contributed by atoms with E-state index in [1.54, 1.807) is 7.11 Å². The zero-order chi connectivity index (χ0) is 18.4. The second-order valence-electron chi connectivity index (χ2n) is 7.89. The lowest BCUT2D eigenvalue weighted by Gasteiger charge is -2.42. The van der Waals surface area contributed by atoms with E-state index in [-0.39, 0.29) is 11.5 Å². The van der Waals surface area contributed by atoms with Crippen LogP contribution in [0.1, 0.15) is 29.7 Å². The van der Waals surface area contributed by atoms with Crippen molar-refractivity contribution in [1.29, 1.82) is 0 Å². The monoisotopic (exact) mass is 363 g/mol. The SMILES string of the molecule is COc1ccc2n[nH]c(CN3CCC4(CC3)c3ccccc3CC4O)c2c1. The predicted molar refractivity (Wildman–Crippen MR) is 105 cm³/mol.